The maximum atomic E-state index is 11.1. The molecule has 1 aliphatic rings. The van der Waals surface area contributed by atoms with Crippen LogP contribution >= 0.6 is 0 Å². The molecule has 3 rings (SSSR count). The summed E-state index contributed by atoms with van der Waals surface area (Å²) in [4.78, 5) is 23.7. The third-order valence-corrected chi connectivity index (χ3v) is 4.91. The predicted octanol–water partition coefficient (Wildman–Crippen LogP) is 4.97. The van der Waals surface area contributed by atoms with E-state index in [4.69, 9.17) is 4.74 Å². The molecule has 0 atom stereocenters. The van der Waals surface area contributed by atoms with Gasteiger partial charge in [0.25, 0.3) is 5.69 Å². The molecule has 1 saturated carbocycles. The summed E-state index contributed by atoms with van der Waals surface area (Å²) in [6, 6.07) is 12.5. The van der Waals surface area contributed by atoms with Crippen LogP contribution in [0.3, 0.4) is 0 Å². The van der Waals surface area contributed by atoms with Crippen LogP contribution in [0.1, 0.15) is 42.5 Å². The van der Waals surface area contributed by atoms with Crippen molar-refractivity contribution in [1.29, 1.82) is 0 Å². The highest BCUT2D eigenvalue weighted by molar-refractivity contribution is 5.82. The molecule has 6 heteroatoms. The molecule has 0 aliphatic heterocycles. The fraction of sp³-hybridized carbons (Fsp3) is 0.350. The van der Waals surface area contributed by atoms with Crippen molar-refractivity contribution in [2.24, 2.45) is 0 Å². The van der Waals surface area contributed by atoms with Crippen LogP contribution in [0.25, 0.3) is 0 Å². The molecule has 0 spiro atoms. The number of nitro benzene ring substituents is 1. The molecule has 26 heavy (non-hydrogen) atoms. The van der Waals surface area contributed by atoms with Crippen LogP contribution in [-0.4, -0.2) is 24.3 Å². The van der Waals surface area contributed by atoms with Gasteiger partial charge in [0.2, 0.25) is 0 Å². The van der Waals surface area contributed by atoms with E-state index in [1.165, 1.54) is 50.3 Å². The van der Waals surface area contributed by atoms with Crippen molar-refractivity contribution in [2.45, 2.75) is 38.1 Å². The summed E-state index contributed by atoms with van der Waals surface area (Å²) in [5.74, 6) is 1.03. The van der Waals surface area contributed by atoms with Gasteiger partial charge in [-0.3, -0.25) is 14.9 Å². The monoisotopic (exact) mass is 354 g/mol. The quantitative estimate of drug-likeness (QED) is 0.416. The van der Waals surface area contributed by atoms with Crippen molar-refractivity contribution < 1.29 is 14.5 Å². The van der Waals surface area contributed by atoms with Crippen molar-refractivity contribution in [3.63, 3.8) is 0 Å². The van der Waals surface area contributed by atoms with Crippen molar-refractivity contribution in [2.75, 3.05) is 11.9 Å². The number of anilines is 1. The van der Waals surface area contributed by atoms with Crippen LogP contribution < -0.4 is 9.64 Å². The second-order valence-electron chi connectivity index (χ2n) is 6.60. The van der Waals surface area contributed by atoms with E-state index in [1.54, 1.807) is 0 Å². The highest BCUT2D eigenvalue weighted by Crippen LogP contribution is 2.31. The Labute approximate surface area is 152 Å². The summed E-state index contributed by atoms with van der Waals surface area (Å²) in [7, 11) is 2.10. The second kappa shape index (κ2) is 7.99. The van der Waals surface area contributed by atoms with Gasteiger partial charge in [-0.25, -0.2) is 0 Å². The lowest BCUT2D eigenvalue weighted by Gasteiger charge is -2.33. The van der Waals surface area contributed by atoms with Gasteiger partial charge in [-0.05, 0) is 37.1 Å². The third kappa shape index (κ3) is 4.02. The van der Waals surface area contributed by atoms with Gasteiger partial charge in [-0.15, -0.1) is 0 Å². The Bertz CT molecular complexity index is 800. The zero-order valence-corrected chi connectivity index (χ0v) is 14.8. The number of benzene rings is 2. The minimum atomic E-state index is -0.576. The molecule has 136 valence electrons. The van der Waals surface area contributed by atoms with E-state index in [9.17, 15) is 14.9 Å². The molecule has 0 saturated heterocycles. The van der Waals surface area contributed by atoms with Crippen LogP contribution in [0.2, 0.25) is 0 Å². The zero-order valence-electron chi connectivity index (χ0n) is 14.8. The van der Waals surface area contributed by atoms with E-state index < -0.39 is 4.92 Å². The lowest BCUT2D eigenvalue weighted by atomic mass is 9.94. The molecule has 1 aliphatic carbocycles. The van der Waals surface area contributed by atoms with Gasteiger partial charge >= 0.3 is 0 Å². The van der Waals surface area contributed by atoms with Crippen molar-refractivity contribution in [3.8, 4) is 11.5 Å². The van der Waals surface area contributed by atoms with Crippen LogP contribution in [0.5, 0.6) is 11.5 Å². The molecular weight excluding hydrogens is 332 g/mol. The van der Waals surface area contributed by atoms with Crippen LogP contribution in [0.4, 0.5) is 11.4 Å². The summed E-state index contributed by atoms with van der Waals surface area (Å²) in [5.41, 5.74) is 0.855. The van der Waals surface area contributed by atoms with Gasteiger partial charge in [-0.2, -0.15) is 0 Å². The average molecular weight is 354 g/mol. The molecule has 0 heterocycles. The Morgan fingerprint density at radius 2 is 1.85 bits per heavy atom. The first kappa shape index (κ1) is 17.9. The normalized spacial score (nSPS) is 14.7. The molecule has 0 aromatic heterocycles. The smallest absolute Gasteiger partial charge is 0.280 e. The van der Waals surface area contributed by atoms with E-state index in [0.717, 1.165) is 5.69 Å². The van der Waals surface area contributed by atoms with Gasteiger partial charge in [-0.1, -0.05) is 25.3 Å². The van der Waals surface area contributed by atoms with Crippen molar-refractivity contribution in [1.82, 2.24) is 0 Å². The van der Waals surface area contributed by atoms with E-state index in [-0.39, 0.29) is 11.3 Å². The number of nitro groups is 1. The van der Waals surface area contributed by atoms with Crippen LogP contribution in [-0.2, 0) is 0 Å². The number of nitrogens with zero attached hydrogens (tertiary/aromatic N) is 2. The molecular formula is C20H22N2O4. The molecule has 0 radical (unpaired) electrons. The van der Waals surface area contributed by atoms with Crippen LogP contribution in [0, 0.1) is 10.1 Å². The number of rotatable bonds is 6. The lowest BCUT2D eigenvalue weighted by Crippen LogP contribution is -2.33. The first-order chi connectivity index (χ1) is 12.6. The fourth-order valence-electron chi connectivity index (χ4n) is 3.44. The molecule has 0 amide bonds. The average Bonchev–Trinajstić information content (AvgIpc) is 2.68. The van der Waals surface area contributed by atoms with Gasteiger partial charge in [0, 0.05) is 30.9 Å². The Morgan fingerprint density at radius 3 is 2.54 bits per heavy atom. The van der Waals surface area contributed by atoms with Gasteiger partial charge in [0.1, 0.15) is 11.5 Å². The Morgan fingerprint density at radius 1 is 1.12 bits per heavy atom. The molecule has 0 unspecified atom stereocenters. The molecule has 0 bridgehead atoms. The van der Waals surface area contributed by atoms with E-state index in [0.29, 0.717) is 23.8 Å². The molecule has 6 nitrogen and oxygen atoms in total. The maximum absolute atomic E-state index is 11.1. The largest absolute Gasteiger partial charge is 0.457 e. The fourth-order valence-corrected chi connectivity index (χ4v) is 3.44. The summed E-state index contributed by atoms with van der Waals surface area (Å²) in [6.07, 6.45) is 6.72. The standard InChI is InChI=1S/C20H22N2O4/c1-21(16-6-3-2-4-7-16)17-8-5-9-18(13-17)26-19-10-11-20(22(24)25)15(12-19)14-23/h5,8-14,16H,2-4,6-7H2,1H3. The topological polar surface area (TPSA) is 72.7 Å². The van der Waals surface area contributed by atoms with Crippen molar-refractivity contribution in [3.05, 3.63) is 58.1 Å². The van der Waals surface area contributed by atoms with E-state index >= 15 is 0 Å². The Balaban J connectivity index is 1.78. The zero-order chi connectivity index (χ0) is 18.5. The van der Waals surface area contributed by atoms with Gasteiger partial charge in [0.05, 0.1) is 10.5 Å². The minimum absolute atomic E-state index is 0.00276. The van der Waals surface area contributed by atoms with Gasteiger partial charge in [0.15, 0.2) is 6.29 Å². The third-order valence-electron chi connectivity index (χ3n) is 4.91. The summed E-state index contributed by atoms with van der Waals surface area (Å²) >= 11 is 0. The second-order valence-corrected chi connectivity index (χ2v) is 6.60. The number of carbonyl (C=O) groups is 1. The number of ether oxygens (including phenoxy) is 1. The molecule has 0 N–H and O–H groups in total. The molecule has 2 aromatic carbocycles. The summed E-state index contributed by atoms with van der Waals surface area (Å²) in [6.45, 7) is 0. The SMILES string of the molecule is CN(c1cccc(Oc2ccc([N+](=O)[O-])c(C=O)c2)c1)C1CCCCC1. The highest BCUT2D eigenvalue weighted by atomic mass is 16.6. The first-order valence-electron chi connectivity index (χ1n) is 8.83. The Hall–Kier alpha value is -2.89. The molecule has 2 aromatic rings. The predicted molar refractivity (Wildman–Crippen MR) is 100 cm³/mol. The highest BCUT2D eigenvalue weighted by Gasteiger charge is 2.19. The maximum Gasteiger partial charge on any atom is 0.280 e. The van der Waals surface area contributed by atoms with E-state index in [2.05, 4.69) is 11.9 Å². The number of hydrogen-bond acceptors (Lipinski definition) is 5. The molecule has 1 fully saturated rings. The Kier molecular flexibility index (Phi) is 5.51. The minimum Gasteiger partial charge on any atom is -0.457 e. The van der Waals surface area contributed by atoms with Crippen LogP contribution in [0.15, 0.2) is 42.5 Å². The summed E-state index contributed by atoms with van der Waals surface area (Å²) in [5, 5.41) is 10.9. The number of carbonyl (C=O) groups excluding carboxylic acids is 1. The first-order valence-corrected chi connectivity index (χ1v) is 8.83. The van der Waals surface area contributed by atoms with Crippen molar-refractivity contribution >= 4 is 17.7 Å². The lowest BCUT2D eigenvalue weighted by molar-refractivity contribution is -0.385. The van der Waals surface area contributed by atoms with Gasteiger partial charge < -0.3 is 9.64 Å². The van der Waals surface area contributed by atoms with E-state index in [1.807, 2.05) is 24.3 Å². The summed E-state index contributed by atoms with van der Waals surface area (Å²) < 4.78 is 5.83. The number of hydrogen-bond donors (Lipinski definition) is 0. The number of aldehydes is 1.